The summed E-state index contributed by atoms with van der Waals surface area (Å²) in [6, 6.07) is 16.1. The van der Waals surface area contributed by atoms with Gasteiger partial charge in [-0.05, 0) is 43.2 Å². The molecule has 0 N–H and O–H groups in total. The first-order valence-electron chi connectivity index (χ1n) is 8.80. The van der Waals surface area contributed by atoms with Crippen LogP contribution >= 0.6 is 11.6 Å². The quantitative estimate of drug-likeness (QED) is 0.658. The number of hydrogen-bond donors (Lipinski definition) is 0. The van der Waals surface area contributed by atoms with Crippen molar-refractivity contribution < 1.29 is 13.2 Å². The van der Waals surface area contributed by atoms with E-state index in [9.17, 15) is 8.42 Å². The van der Waals surface area contributed by atoms with Crippen LogP contribution < -0.4 is 4.74 Å². The number of halogens is 1. The van der Waals surface area contributed by atoms with Crippen molar-refractivity contribution in [3.05, 3.63) is 65.8 Å². The Morgan fingerprint density at radius 3 is 2.56 bits per heavy atom. The van der Waals surface area contributed by atoms with Crippen LogP contribution in [0, 0.1) is 0 Å². The lowest BCUT2D eigenvalue weighted by Gasteiger charge is -2.31. The van der Waals surface area contributed by atoms with Crippen molar-refractivity contribution in [3.63, 3.8) is 0 Å². The molecule has 1 aromatic heterocycles. The smallest absolute Gasteiger partial charge is 0.243 e. The maximum absolute atomic E-state index is 12.8. The van der Waals surface area contributed by atoms with Gasteiger partial charge in [0.15, 0.2) is 0 Å². The van der Waals surface area contributed by atoms with Crippen LogP contribution in [0.25, 0.3) is 10.9 Å². The van der Waals surface area contributed by atoms with Crippen LogP contribution in [0.15, 0.2) is 65.7 Å². The summed E-state index contributed by atoms with van der Waals surface area (Å²) in [6.07, 6.45) is 2.96. The summed E-state index contributed by atoms with van der Waals surface area (Å²) < 4.78 is 33.2. The van der Waals surface area contributed by atoms with E-state index in [-0.39, 0.29) is 11.0 Å². The Bertz CT molecular complexity index is 1060. The summed E-state index contributed by atoms with van der Waals surface area (Å²) in [6.45, 7) is 0.829. The Morgan fingerprint density at radius 2 is 1.78 bits per heavy atom. The number of sulfonamides is 1. The minimum Gasteiger partial charge on any atom is -0.488 e. The van der Waals surface area contributed by atoms with E-state index in [2.05, 4.69) is 4.98 Å². The lowest BCUT2D eigenvalue weighted by Crippen LogP contribution is -2.41. The molecule has 140 valence electrons. The minimum absolute atomic E-state index is 0.0385. The minimum atomic E-state index is -3.53. The molecule has 7 heteroatoms. The van der Waals surface area contributed by atoms with Crippen molar-refractivity contribution in [2.24, 2.45) is 0 Å². The van der Waals surface area contributed by atoms with Gasteiger partial charge in [-0.3, -0.25) is 4.98 Å². The van der Waals surface area contributed by atoms with E-state index < -0.39 is 10.0 Å². The van der Waals surface area contributed by atoms with Crippen molar-refractivity contribution >= 4 is 32.5 Å². The second kappa shape index (κ2) is 7.46. The van der Waals surface area contributed by atoms with Gasteiger partial charge in [-0.1, -0.05) is 35.9 Å². The summed E-state index contributed by atoms with van der Waals surface area (Å²) in [7, 11) is -3.53. The van der Waals surface area contributed by atoms with Crippen molar-refractivity contribution in [2.75, 3.05) is 13.1 Å². The number of ether oxygens (including phenoxy) is 1. The highest BCUT2D eigenvalue weighted by molar-refractivity contribution is 7.89. The molecule has 2 heterocycles. The molecular weight excluding hydrogens is 384 g/mol. The summed E-state index contributed by atoms with van der Waals surface area (Å²) in [5.74, 6) is 0.740. The highest BCUT2D eigenvalue weighted by atomic mass is 35.5. The Hall–Kier alpha value is -2.15. The van der Waals surface area contributed by atoms with Crippen LogP contribution in [0.3, 0.4) is 0 Å². The maximum atomic E-state index is 12.8. The van der Waals surface area contributed by atoms with Gasteiger partial charge in [-0.25, -0.2) is 8.42 Å². The molecule has 1 fully saturated rings. The molecule has 5 nitrogen and oxygen atoms in total. The second-order valence-electron chi connectivity index (χ2n) is 6.51. The van der Waals surface area contributed by atoms with Crippen molar-refractivity contribution in [3.8, 4) is 5.75 Å². The third-order valence-electron chi connectivity index (χ3n) is 4.72. The Labute approximate surface area is 163 Å². The molecule has 1 aliphatic heterocycles. The number of para-hydroxylation sites is 1. The topological polar surface area (TPSA) is 59.5 Å². The van der Waals surface area contributed by atoms with E-state index >= 15 is 0 Å². The molecule has 3 aromatic rings. The van der Waals surface area contributed by atoms with Crippen LogP contribution in [0.1, 0.15) is 12.8 Å². The maximum Gasteiger partial charge on any atom is 0.243 e. The summed E-state index contributed by atoms with van der Waals surface area (Å²) in [4.78, 5) is 4.63. The van der Waals surface area contributed by atoms with Crippen LogP contribution in [0.5, 0.6) is 5.75 Å². The molecule has 0 spiro atoms. The van der Waals surface area contributed by atoms with Gasteiger partial charge in [0.2, 0.25) is 10.0 Å². The highest BCUT2D eigenvalue weighted by Gasteiger charge is 2.30. The zero-order valence-corrected chi connectivity index (χ0v) is 16.2. The lowest BCUT2D eigenvalue weighted by molar-refractivity contribution is 0.136. The average Bonchev–Trinajstić information content (AvgIpc) is 2.69. The normalized spacial score (nSPS) is 16.5. The summed E-state index contributed by atoms with van der Waals surface area (Å²) in [5.41, 5.74) is 0.828. The molecule has 0 unspecified atom stereocenters. The highest BCUT2D eigenvalue weighted by Crippen LogP contribution is 2.28. The molecule has 0 amide bonds. The van der Waals surface area contributed by atoms with E-state index in [0.29, 0.717) is 31.0 Å². The van der Waals surface area contributed by atoms with E-state index in [0.717, 1.165) is 16.7 Å². The largest absolute Gasteiger partial charge is 0.488 e. The van der Waals surface area contributed by atoms with Crippen LogP contribution in [-0.4, -0.2) is 36.9 Å². The van der Waals surface area contributed by atoms with Gasteiger partial charge in [0.1, 0.15) is 17.4 Å². The third-order valence-corrected chi connectivity index (χ3v) is 6.85. The predicted octanol–water partition coefficient (Wildman–Crippen LogP) is 4.12. The monoisotopic (exact) mass is 402 g/mol. The number of fused-ring (bicyclic) bond motifs is 1. The third kappa shape index (κ3) is 3.78. The average molecular weight is 403 g/mol. The Balaban J connectivity index is 1.46. The first-order chi connectivity index (χ1) is 13.0. The van der Waals surface area contributed by atoms with Gasteiger partial charge in [-0.2, -0.15) is 4.31 Å². The lowest BCUT2D eigenvalue weighted by atomic mass is 10.1. The van der Waals surface area contributed by atoms with Crippen LogP contribution in [-0.2, 0) is 10.0 Å². The predicted molar refractivity (Wildman–Crippen MR) is 106 cm³/mol. The number of aromatic nitrogens is 1. The molecule has 0 aliphatic carbocycles. The molecule has 27 heavy (non-hydrogen) atoms. The number of nitrogens with zero attached hydrogens (tertiary/aromatic N) is 2. The zero-order chi connectivity index (χ0) is 18.9. The summed E-state index contributed by atoms with van der Waals surface area (Å²) in [5, 5.41) is 1.44. The molecule has 4 rings (SSSR count). The second-order valence-corrected chi connectivity index (χ2v) is 8.88. The molecule has 0 radical (unpaired) electrons. The molecule has 0 saturated carbocycles. The SMILES string of the molecule is O=S(=O)(c1cccc(Cl)c1)N1CCC(Oc2cccc3cccnc23)CC1. The molecule has 0 bridgehead atoms. The molecule has 2 aromatic carbocycles. The number of piperidine rings is 1. The molecule has 0 atom stereocenters. The van der Waals surface area contributed by atoms with Crippen molar-refractivity contribution in [2.45, 2.75) is 23.8 Å². The molecular formula is C20H19ClN2O3S. The zero-order valence-electron chi connectivity index (χ0n) is 14.6. The number of benzene rings is 2. The van der Waals surface area contributed by atoms with Crippen molar-refractivity contribution in [1.29, 1.82) is 0 Å². The Morgan fingerprint density at radius 1 is 1.04 bits per heavy atom. The van der Waals surface area contributed by atoms with Gasteiger partial charge in [0.25, 0.3) is 0 Å². The fourth-order valence-electron chi connectivity index (χ4n) is 3.32. The number of rotatable bonds is 4. The first kappa shape index (κ1) is 18.2. The Kier molecular flexibility index (Phi) is 5.04. The van der Waals surface area contributed by atoms with Gasteiger partial charge < -0.3 is 4.74 Å². The fraction of sp³-hybridized carbons (Fsp3) is 0.250. The molecule has 1 aliphatic rings. The van der Waals surface area contributed by atoms with Gasteiger partial charge in [-0.15, -0.1) is 0 Å². The van der Waals surface area contributed by atoms with E-state index in [1.807, 2.05) is 30.3 Å². The van der Waals surface area contributed by atoms with Gasteiger partial charge in [0.05, 0.1) is 4.90 Å². The van der Waals surface area contributed by atoms with E-state index in [1.165, 1.54) is 10.4 Å². The van der Waals surface area contributed by atoms with Gasteiger partial charge >= 0.3 is 0 Å². The first-order valence-corrected chi connectivity index (χ1v) is 10.6. The summed E-state index contributed by atoms with van der Waals surface area (Å²) >= 11 is 5.94. The van der Waals surface area contributed by atoms with E-state index in [1.54, 1.807) is 24.4 Å². The standard InChI is InChI=1S/C20H19ClN2O3S/c21-16-6-2-7-18(14-16)27(24,25)23-12-9-17(10-13-23)26-19-8-1-4-15-5-3-11-22-20(15)19/h1-8,11,14,17H,9-10,12-13H2. The number of hydrogen-bond acceptors (Lipinski definition) is 4. The van der Waals surface area contributed by atoms with Crippen LogP contribution in [0.4, 0.5) is 0 Å². The van der Waals surface area contributed by atoms with Gasteiger partial charge in [0, 0.05) is 29.7 Å². The van der Waals surface area contributed by atoms with Crippen molar-refractivity contribution in [1.82, 2.24) is 9.29 Å². The fourth-order valence-corrected chi connectivity index (χ4v) is 5.09. The van der Waals surface area contributed by atoms with Crippen LogP contribution in [0.2, 0.25) is 5.02 Å². The number of pyridine rings is 1. The van der Waals surface area contributed by atoms with E-state index in [4.69, 9.17) is 16.3 Å². The molecule has 1 saturated heterocycles.